The van der Waals surface area contributed by atoms with E-state index in [2.05, 4.69) is 10.3 Å². The van der Waals surface area contributed by atoms with Gasteiger partial charge in [0.15, 0.2) is 0 Å². The molecule has 0 radical (unpaired) electrons. The second kappa shape index (κ2) is 9.53. The molecule has 158 valence electrons. The fourth-order valence-corrected chi connectivity index (χ4v) is 5.88. The highest BCUT2D eigenvalue weighted by Gasteiger charge is 2.24. The van der Waals surface area contributed by atoms with E-state index in [-0.39, 0.29) is 17.6 Å². The van der Waals surface area contributed by atoms with Gasteiger partial charge in [-0.15, -0.1) is 11.6 Å². The molecule has 0 amide bonds. The number of alkyl halides is 1. The fourth-order valence-electron chi connectivity index (χ4n) is 4.32. The van der Waals surface area contributed by atoms with Gasteiger partial charge < -0.3 is 5.32 Å². The summed E-state index contributed by atoms with van der Waals surface area (Å²) >= 11 is 5.70. The van der Waals surface area contributed by atoms with E-state index >= 15 is 0 Å². The quantitative estimate of drug-likeness (QED) is 0.673. The average Bonchev–Trinajstić information content (AvgIpc) is 3.26. The minimum Gasteiger partial charge on any atom is -0.351 e. The number of aromatic nitrogens is 3. The first kappa shape index (κ1) is 20.8. The van der Waals surface area contributed by atoms with Crippen molar-refractivity contribution in [1.82, 2.24) is 18.8 Å². The van der Waals surface area contributed by atoms with Gasteiger partial charge in [-0.05, 0) is 38.2 Å². The van der Waals surface area contributed by atoms with E-state index in [1.54, 1.807) is 12.3 Å². The molecule has 1 N–H and O–H groups in total. The van der Waals surface area contributed by atoms with Crippen LogP contribution >= 0.6 is 11.6 Å². The van der Waals surface area contributed by atoms with Crippen LogP contribution < -0.4 is 10.9 Å². The highest BCUT2D eigenvalue weighted by atomic mass is 35.5. The zero-order chi connectivity index (χ0) is 20.2. The Morgan fingerprint density at radius 3 is 2.66 bits per heavy atom. The minimum atomic E-state index is -0.942. The highest BCUT2D eigenvalue weighted by Crippen LogP contribution is 2.30. The predicted octanol–water partition coefficient (Wildman–Crippen LogP) is 3.08. The molecule has 1 saturated heterocycles. The molecule has 0 spiro atoms. The maximum Gasteiger partial charge on any atom is 0.252 e. The van der Waals surface area contributed by atoms with Crippen molar-refractivity contribution in [1.29, 1.82) is 0 Å². The zero-order valence-corrected chi connectivity index (χ0v) is 18.1. The smallest absolute Gasteiger partial charge is 0.252 e. The maximum absolute atomic E-state index is 12.5. The number of piperidine rings is 1. The van der Waals surface area contributed by atoms with Crippen LogP contribution in [0.2, 0.25) is 0 Å². The first-order chi connectivity index (χ1) is 14.2. The Bertz CT molecular complexity index is 923. The third-order valence-corrected chi connectivity index (χ3v) is 7.73. The van der Waals surface area contributed by atoms with Gasteiger partial charge in [0, 0.05) is 54.5 Å². The lowest BCUT2D eigenvalue weighted by atomic mass is 10.1. The van der Waals surface area contributed by atoms with Crippen molar-refractivity contribution in [2.75, 3.05) is 30.0 Å². The lowest BCUT2D eigenvalue weighted by Gasteiger charge is -2.31. The van der Waals surface area contributed by atoms with Crippen LogP contribution in [0.3, 0.4) is 0 Å². The van der Waals surface area contributed by atoms with Gasteiger partial charge in [0.05, 0.1) is 11.0 Å². The summed E-state index contributed by atoms with van der Waals surface area (Å²) in [5.41, 5.74) is 0.739. The van der Waals surface area contributed by atoms with Crippen molar-refractivity contribution in [2.24, 2.45) is 0 Å². The average molecular weight is 438 g/mol. The number of hydrogen-bond donors (Lipinski definition) is 1. The molecule has 1 aliphatic carbocycles. The Morgan fingerprint density at radius 2 is 1.93 bits per heavy atom. The number of hydrogen-bond acceptors (Lipinski definition) is 5. The molecule has 1 aliphatic heterocycles. The molecule has 3 heterocycles. The summed E-state index contributed by atoms with van der Waals surface area (Å²) in [7, 11) is -0.942. The summed E-state index contributed by atoms with van der Waals surface area (Å²) in [5.74, 6) is 1.75. The molecule has 0 aromatic carbocycles. The largest absolute Gasteiger partial charge is 0.351 e. The van der Waals surface area contributed by atoms with Crippen LogP contribution in [0.25, 0.3) is 11.0 Å². The second-order valence-electron chi connectivity index (χ2n) is 7.87. The maximum atomic E-state index is 12.5. The van der Waals surface area contributed by atoms with Gasteiger partial charge in [-0.25, -0.2) is 13.5 Å². The molecule has 7 nitrogen and oxygen atoms in total. The van der Waals surface area contributed by atoms with E-state index in [4.69, 9.17) is 16.6 Å². The number of anilines is 1. The number of rotatable bonds is 7. The normalized spacial score (nSPS) is 20.3. The van der Waals surface area contributed by atoms with Gasteiger partial charge in [0.2, 0.25) is 5.95 Å². The summed E-state index contributed by atoms with van der Waals surface area (Å²) in [6.45, 7) is 1.57. The van der Waals surface area contributed by atoms with E-state index in [0.717, 1.165) is 69.1 Å². The summed E-state index contributed by atoms with van der Waals surface area (Å²) in [4.78, 5) is 21.7. The lowest BCUT2D eigenvalue weighted by molar-refractivity contribution is 0.345. The van der Waals surface area contributed by atoms with Crippen LogP contribution in [-0.2, 0) is 11.0 Å². The Labute approximate surface area is 178 Å². The van der Waals surface area contributed by atoms with Crippen molar-refractivity contribution in [3.05, 3.63) is 28.7 Å². The van der Waals surface area contributed by atoms with Gasteiger partial charge in [0.25, 0.3) is 5.56 Å². The topological polar surface area (TPSA) is 80.1 Å². The van der Waals surface area contributed by atoms with E-state index < -0.39 is 11.0 Å². The summed E-state index contributed by atoms with van der Waals surface area (Å²) < 4.78 is 16.2. The molecule has 2 fully saturated rings. The Balaban J connectivity index is 1.46. The number of pyridine rings is 1. The number of nitrogens with zero attached hydrogens (tertiary/aromatic N) is 4. The van der Waals surface area contributed by atoms with Crippen LogP contribution in [0.5, 0.6) is 0 Å². The number of nitrogens with one attached hydrogen (secondary N) is 1. The molecule has 29 heavy (non-hydrogen) atoms. The summed E-state index contributed by atoms with van der Waals surface area (Å²) in [5, 5.41) is 4.32. The molecule has 1 saturated carbocycles. The highest BCUT2D eigenvalue weighted by molar-refractivity contribution is 7.82. The van der Waals surface area contributed by atoms with Crippen LogP contribution in [0.15, 0.2) is 23.1 Å². The van der Waals surface area contributed by atoms with Gasteiger partial charge >= 0.3 is 0 Å². The predicted molar refractivity (Wildman–Crippen MR) is 118 cm³/mol. The Kier molecular flexibility index (Phi) is 6.82. The number of halogens is 1. The van der Waals surface area contributed by atoms with Gasteiger partial charge in [0.1, 0.15) is 5.65 Å². The van der Waals surface area contributed by atoms with Gasteiger partial charge in [-0.2, -0.15) is 4.98 Å². The second-order valence-corrected chi connectivity index (χ2v) is 9.81. The van der Waals surface area contributed by atoms with Crippen molar-refractivity contribution >= 4 is 39.6 Å². The fraction of sp³-hybridized carbons (Fsp3) is 0.650. The van der Waals surface area contributed by atoms with Crippen molar-refractivity contribution in [3.63, 3.8) is 0 Å². The summed E-state index contributed by atoms with van der Waals surface area (Å²) in [6, 6.07) is 3.91. The molecule has 4 rings (SSSR count). The van der Waals surface area contributed by atoms with Gasteiger partial charge in [-0.3, -0.25) is 9.36 Å². The molecule has 2 aromatic heterocycles. The van der Waals surface area contributed by atoms with E-state index in [0.29, 0.717) is 17.6 Å². The van der Waals surface area contributed by atoms with Crippen LogP contribution in [-0.4, -0.2) is 53.8 Å². The first-order valence-electron chi connectivity index (χ1n) is 10.5. The monoisotopic (exact) mass is 437 g/mol. The molecular formula is C20H28ClN5O2S. The minimum absolute atomic E-state index is 0.0155. The van der Waals surface area contributed by atoms with Crippen LogP contribution in [0.4, 0.5) is 5.95 Å². The van der Waals surface area contributed by atoms with Crippen molar-refractivity contribution < 1.29 is 4.21 Å². The van der Waals surface area contributed by atoms with Crippen LogP contribution in [0.1, 0.15) is 51.0 Å². The third-order valence-electron chi connectivity index (χ3n) is 5.88. The molecular weight excluding hydrogens is 410 g/mol. The SMILES string of the molecule is O=c1ccc2cnc(NC3CCN(S(=O)CCCCl)CC3)nc2n1C1CCCC1. The van der Waals surface area contributed by atoms with Crippen molar-refractivity contribution in [3.8, 4) is 0 Å². The molecule has 1 unspecified atom stereocenters. The molecule has 2 aliphatic rings. The molecule has 9 heteroatoms. The third kappa shape index (κ3) is 4.81. The Morgan fingerprint density at radius 1 is 1.17 bits per heavy atom. The van der Waals surface area contributed by atoms with Crippen molar-refractivity contribution in [2.45, 2.75) is 57.0 Å². The standard InChI is InChI=1S/C20H28ClN5O2S/c21-10-3-13-29(28)25-11-8-16(9-12-25)23-20-22-14-15-6-7-18(27)26(19(15)24-20)17-4-1-2-5-17/h6-7,14,16-17H,1-5,8-13H2,(H,22,23,24). The van der Waals surface area contributed by atoms with E-state index in [1.165, 1.54) is 0 Å². The Hall–Kier alpha value is -1.51. The number of fused-ring (bicyclic) bond motifs is 1. The molecule has 1 atom stereocenters. The molecule has 2 aromatic rings. The zero-order valence-electron chi connectivity index (χ0n) is 16.6. The summed E-state index contributed by atoms with van der Waals surface area (Å²) in [6.07, 6.45) is 8.74. The van der Waals surface area contributed by atoms with Crippen LogP contribution in [0, 0.1) is 0 Å². The van der Waals surface area contributed by atoms with Gasteiger partial charge in [-0.1, -0.05) is 12.8 Å². The van der Waals surface area contributed by atoms with E-state index in [1.807, 2.05) is 14.9 Å². The van der Waals surface area contributed by atoms with E-state index in [9.17, 15) is 9.00 Å². The molecule has 0 bridgehead atoms. The first-order valence-corrected chi connectivity index (χ1v) is 12.3. The lowest BCUT2D eigenvalue weighted by Crippen LogP contribution is -2.41.